The number of rotatable bonds is 6. The van der Waals surface area contributed by atoms with Crippen molar-refractivity contribution in [3.05, 3.63) is 18.5 Å². The third-order valence-electron chi connectivity index (χ3n) is 4.44. The van der Waals surface area contributed by atoms with Crippen LogP contribution in [-0.4, -0.2) is 72.7 Å². The molecule has 0 N–H and O–H groups in total. The van der Waals surface area contributed by atoms with E-state index in [-0.39, 0.29) is 23.2 Å². The molecule has 3 rings (SSSR count). The predicted octanol–water partition coefficient (Wildman–Crippen LogP) is 0.524. The predicted molar refractivity (Wildman–Crippen MR) is 85.1 cm³/mol. The first-order valence-corrected chi connectivity index (χ1v) is 9.83. The van der Waals surface area contributed by atoms with E-state index in [1.54, 1.807) is 25.4 Å². The molecule has 1 atom stereocenters. The van der Waals surface area contributed by atoms with Crippen molar-refractivity contribution >= 4 is 9.84 Å². The van der Waals surface area contributed by atoms with Crippen LogP contribution in [0.5, 0.6) is 6.01 Å². The highest BCUT2D eigenvalue weighted by Gasteiger charge is 2.48. The van der Waals surface area contributed by atoms with Crippen LogP contribution in [0.25, 0.3) is 0 Å². The Kier molecular flexibility index (Phi) is 4.84. The number of hydrogen-bond donors (Lipinski definition) is 0. The van der Waals surface area contributed by atoms with Crippen LogP contribution in [-0.2, 0) is 14.6 Å². The molecule has 3 heterocycles. The molecule has 1 unspecified atom stereocenters. The zero-order chi connectivity index (χ0) is 16.3. The van der Waals surface area contributed by atoms with E-state index in [4.69, 9.17) is 9.47 Å². The molecule has 0 saturated carbocycles. The number of likely N-dealkylation sites (tertiary alicyclic amines) is 1. The molecule has 0 aliphatic carbocycles. The third-order valence-corrected chi connectivity index (χ3v) is 6.13. The average molecular weight is 341 g/mol. The molecule has 128 valence electrons. The lowest BCUT2D eigenvalue weighted by molar-refractivity contribution is -0.185. The van der Waals surface area contributed by atoms with E-state index in [9.17, 15) is 8.42 Å². The van der Waals surface area contributed by atoms with Crippen LogP contribution in [0.15, 0.2) is 18.5 Å². The van der Waals surface area contributed by atoms with Gasteiger partial charge in [0.05, 0.1) is 18.0 Å². The summed E-state index contributed by atoms with van der Waals surface area (Å²) in [7, 11) is -2.91. The maximum Gasteiger partial charge on any atom is 0.316 e. The number of hydrogen-bond acceptors (Lipinski definition) is 7. The highest BCUT2D eigenvalue weighted by Crippen LogP contribution is 2.35. The maximum atomic E-state index is 11.6. The van der Waals surface area contributed by atoms with Gasteiger partial charge in [0, 0.05) is 50.6 Å². The van der Waals surface area contributed by atoms with Gasteiger partial charge in [0.25, 0.3) is 0 Å². The summed E-state index contributed by atoms with van der Waals surface area (Å²) in [6.07, 6.45) is 4.99. The first-order chi connectivity index (χ1) is 11.0. The monoisotopic (exact) mass is 341 g/mol. The lowest BCUT2D eigenvalue weighted by atomic mass is 9.85. The first kappa shape index (κ1) is 16.6. The SMILES string of the molecule is CCS(=O)(=O)CCN1CC2(CC(Oc3ncccn3)CCO2)C1. The second-order valence-corrected chi connectivity index (χ2v) is 8.72. The van der Waals surface area contributed by atoms with Crippen LogP contribution in [0.3, 0.4) is 0 Å². The molecule has 23 heavy (non-hydrogen) atoms. The summed E-state index contributed by atoms with van der Waals surface area (Å²) in [6.45, 7) is 4.45. The highest BCUT2D eigenvalue weighted by atomic mass is 32.2. The molecule has 1 aromatic rings. The molecule has 2 fully saturated rings. The van der Waals surface area contributed by atoms with E-state index in [1.165, 1.54) is 0 Å². The summed E-state index contributed by atoms with van der Waals surface area (Å²) >= 11 is 0. The summed E-state index contributed by atoms with van der Waals surface area (Å²) < 4.78 is 34.9. The van der Waals surface area contributed by atoms with Crippen molar-refractivity contribution in [3.8, 4) is 6.01 Å². The van der Waals surface area contributed by atoms with Crippen molar-refractivity contribution < 1.29 is 17.9 Å². The maximum absolute atomic E-state index is 11.6. The van der Waals surface area contributed by atoms with Crippen molar-refractivity contribution in [1.29, 1.82) is 0 Å². The highest BCUT2D eigenvalue weighted by molar-refractivity contribution is 7.91. The van der Waals surface area contributed by atoms with Crippen LogP contribution >= 0.6 is 0 Å². The zero-order valence-electron chi connectivity index (χ0n) is 13.3. The Balaban J connectivity index is 1.48. The number of sulfone groups is 1. The van der Waals surface area contributed by atoms with Gasteiger partial charge in [-0.3, -0.25) is 4.90 Å². The largest absolute Gasteiger partial charge is 0.460 e. The summed E-state index contributed by atoms with van der Waals surface area (Å²) in [4.78, 5) is 10.3. The van der Waals surface area contributed by atoms with Gasteiger partial charge >= 0.3 is 6.01 Å². The molecular formula is C15H23N3O4S. The minimum atomic E-state index is -2.91. The molecular weight excluding hydrogens is 318 g/mol. The van der Waals surface area contributed by atoms with Crippen molar-refractivity contribution in [3.63, 3.8) is 0 Å². The molecule has 0 radical (unpaired) electrons. The molecule has 8 heteroatoms. The molecule has 0 bridgehead atoms. The van der Waals surface area contributed by atoms with Crippen LogP contribution in [0.4, 0.5) is 0 Å². The second-order valence-electron chi connectivity index (χ2n) is 6.24. The molecule has 1 aromatic heterocycles. The Labute approximate surface area is 136 Å². The van der Waals surface area contributed by atoms with Crippen molar-refractivity contribution in [2.75, 3.05) is 37.7 Å². The van der Waals surface area contributed by atoms with E-state index < -0.39 is 9.84 Å². The second kappa shape index (κ2) is 6.70. The lowest BCUT2D eigenvalue weighted by Crippen LogP contribution is -2.66. The van der Waals surface area contributed by atoms with Crippen LogP contribution < -0.4 is 4.74 Å². The van der Waals surface area contributed by atoms with Gasteiger partial charge in [0.15, 0.2) is 9.84 Å². The van der Waals surface area contributed by atoms with E-state index >= 15 is 0 Å². The fraction of sp³-hybridized carbons (Fsp3) is 0.733. The van der Waals surface area contributed by atoms with Crippen LogP contribution in [0.1, 0.15) is 19.8 Å². The van der Waals surface area contributed by atoms with Gasteiger partial charge in [-0.25, -0.2) is 18.4 Å². The standard InChI is InChI=1S/C15H23N3O4S/c1-2-23(19,20)9-7-18-11-15(12-18)10-13(4-8-21-15)22-14-16-5-3-6-17-14/h3,5-6,13H,2,4,7-12H2,1H3. The van der Waals surface area contributed by atoms with Gasteiger partial charge in [-0.2, -0.15) is 0 Å². The normalized spacial score (nSPS) is 24.3. The van der Waals surface area contributed by atoms with Gasteiger partial charge in [0.2, 0.25) is 0 Å². The van der Waals surface area contributed by atoms with E-state index in [0.717, 1.165) is 25.9 Å². The smallest absolute Gasteiger partial charge is 0.316 e. The Morgan fingerprint density at radius 1 is 1.39 bits per heavy atom. The summed E-state index contributed by atoms with van der Waals surface area (Å²) in [6, 6.07) is 2.16. The van der Waals surface area contributed by atoms with Crippen molar-refractivity contribution in [2.45, 2.75) is 31.5 Å². The molecule has 2 aliphatic heterocycles. The molecule has 0 amide bonds. The fourth-order valence-corrected chi connectivity index (χ4v) is 3.96. The molecule has 2 aliphatic rings. The lowest BCUT2D eigenvalue weighted by Gasteiger charge is -2.53. The van der Waals surface area contributed by atoms with E-state index in [2.05, 4.69) is 14.9 Å². The Hall–Kier alpha value is -1.25. The van der Waals surface area contributed by atoms with E-state index in [0.29, 0.717) is 19.2 Å². The number of nitrogens with zero attached hydrogens (tertiary/aromatic N) is 3. The minimum Gasteiger partial charge on any atom is -0.460 e. The number of aromatic nitrogens is 2. The molecule has 7 nitrogen and oxygen atoms in total. The quantitative estimate of drug-likeness (QED) is 0.746. The van der Waals surface area contributed by atoms with E-state index in [1.807, 2.05) is 0 Å². The molecule has 1 spiro atoms. The van der Waals surface area contributed by atoms with Crippen molar-refractivity contribution in [1.82, 2.24) is 14.9 Å². The average Bonchev–Trinajstić information content (AvgIpc) is 2.52. The minimum absolute atomic E-state index is 0.0488. The topological polar surface area (TPSA) is 81.6 Å². The fourth-order valence-electron chi connectivity index (χ4n) is 3.14. The van der Waals surface area contributed by atoms with Gasteiger partial charge in [-0.15, -0.1) is 0 Å². The zero-order valence-corrected chi connectivity index (χ0v) is 14.2. The third kappa shape index (κ3) is 4.19. The van der Waals surface area contributed by atoms with Gasteiger partial charge in [-0.05, 0) is 6.07 Å². The first-order valence-electron chi connectivity index (χ1n) is 8.01. The summed E-state index contributed by atoms with van der Waals surface area (Å²) in [5.41, 5.74) is -0.201. The Morgan fingerprint density at radius 3 is 2.83 bits per heavy atom. The molecule has 0 aromatic carbocycles. The van der Waals surface area contributed by atoms with Crippen molar-refractivity contribution in [2.24, 2.45) is 0 Å². The van der Waals surface area contributed by atoms with Gasteiger partial charge < -0.3 is 9.47 Å². The van der Waals surface area contributed by atoms with Crippen LogP contribution in [0, 0.1) is 0 Å². The van der Waals surface area contributed by atoms with Crippen LogP contribution in [0.2, 0.25) is 0 Å². The Morgan fingerprint density at radius 2 is 2.13 bits per heavy atom. The number of ether oxygens (including phenoxy) is 2. The summed E-state index contributed by atoms with van der Waals surface area (Å²) in [5, 5.41) is 0. The summed E-state index contributed by atoms with van der Waals surface area (Å²) in [5.74, 6) is 0.423. The molecule has 2 saturated heterocycles. The van der Waals surface area contributed by atoms with Gasteiger partial charge in [0.1, 0.15) is 6.10 Å². The Bertz CT molecular complexity index is 617. The van der Waals surface area contributed by atoms with Gasteiger partial charge in [-0.1, -0.05) is 6.92 Å².